The number of carbonyl (C=O) groups excluding carboxylic acids is 1. The van der Waals surface area contributed by atoms with Gasteiger partial charge >= 0.3 is 0 Å². The highest BCUT2D eigenvalue weighted by Crippen LogP contribution is 2.23. The number of fused-ring (bicyclic) bond motifs is 1. The number of benzene rings is 2. The zero-order valence-electron chi connectivity index (χ0n) is 13.6. The lowest BCUT2D eigenvalue weighted by Crippen LogP contribution is -2.21. The van der Waals surface area contributed by atoms with Crippen molar-refractivity contribution in [2.75, 3.05) is 11.9 Å². The molecule has 1 aromatic heterocycles. The van der Waals surface area contributed by atoms with Crippen LogP contribution >= 0.6 is 0 Å². The molecule has 0 saturated heterocycles. The highest BCUT2D eigenvalue weighted by molar-refractivity contribution is 5.93. The molecule has 0 atom stereocenters. The number of hydrogen-bond acceptors (Lipinski definition) is 3. The molecule has 1 N–H and O–H groups in total. The SMILES string of the molecule is Cc1ccccc1NC(=O)COc1cccc2c(=O)n(C)ccc12. The Labute approximate surface area is 139 Å². The molecule has 0 radical (unpaired) electrons. The van der Waals surface area contributed by atoms with Gasteiger partial charge in [-0.15, -0.1) is 0 Å². The molecule has 0 aliphatic carbocycles. The highest BCUT2D eigenvalue weighted by Gasteiger charge is 2.09. The number of pyridine rings is 1. The van der Waals surface area contributed by atoms with Gasteiger partial charge in [-0.25, -0.2) is 0 Å². The van der Waals surface area contributed by atoms with E-state index >= 15 is 0 Å². The van der Waals surface area contributed by atoms with Gasteiger partial charge in [-0.05, 0) is 36.8 Å². The smallest absolute Gasteiger partial charge is 0.262 e. The van der Waals surface area contributed by atoms with Crippen molar-refractivity contribution in [3.63, 3.8) is 0 Å². The summed E-state index contributed by atoms with van der Waals surface area (Å²) in [6.07, 6.45) is 1.69. The molecular formula is C19H18N2O3. The van der Waals surface area contributed by atoms with Crippen molar-refractivity contribution in [1.29, 1.82) is 0 Å². The fourth-order valence-corrected chi connectivity index (χ4v) is 2.52. The monoisotopic (exact) mass is 322 g/mol. The van der Waals surface area contributed by atoms with E-state index in [0.29, 0.717) is 16.5 Å². The van der Waals surface area contributed by atoms with Crippen molar-refractivity contribution < 1.29 is 9.53 Å². The van der Waals surface area contributed by atoms with Crippen LogP contribution in [0.3, 0.4) is 0 Å². The zero-order chi connectivity index (χ0) is 17.1. The van der Waals surface area contributed by atoms with E-state index < -0.39 is 0 Å². The Balaban J connectivity index is 1.76. The predicted molar refractivity (Wildman–Crippen MR) is 94.5 cm³/mol. The van der Waals surface area contributed by atoms with Crippen molar-refractivity contribution >= 4 is 22.4 Å². The van der Waals surface area contributed by atoms with Gasteiger partial charge in [0.2, 0.25) is 0 Å². The molecule has 1 amide bonds. The summed E-state index contributed by atoms with van der Waals surface area (Å²) in [6, 6.07) is 14.6. The van der Waals surface area contributed by atoms with Crippen LogP contribution in [0.15, 0.2) is 59.5 Å². The number of para-hydroxylation sites is 1. The first-order valence-electron chi connectivity index (χ1n) is 7.63. The van der Waals surface area contributed by atoms with E-state index in [9.17, 15) is 9.59 Å². The molecule has 1 heterocycles. The second-order valence-electron chi connectivity index (χ2n) is 5.60. The summed E-state index contributed by atoms with van der Waals surface area (Å²) in [4.78, 5) is 24.2. The fourth-order valence-electron chi connectivity index (χ4n) is 2.52. The van der Waals surface area contributed by atoms with Crippen molar-refractivity contribution in [2.24, 2.45) is 7.05 Å². The Morgan fingerprint density at radius 3 is 2.67 bits per heavy atom. The lowest BCUT2D eigenvalue weighted by molar-refractivity contribution is -0.118. The van der Waals surface area contributed by atoms with E-state index in [0.717, 1.165) is 11.3 Å². The van der Waals surface area contributed by atoms with Gasteiger partial charge in [0, 0.05) is 24.3 Å². The summed E-state index contributed by atoms with van der Waals surface area (Å²) in [5.74, 6) is 0.273. The molecule has 0 aliphatic rings. The molecule has 3 rings (SSSR count). The predicted octanol–water partition coefficient (Wildman–Crippen LogP) is 2.86. The van der Waals surface area contributed by atoms with Crippen LogP contribution in [0.5, 0.6) is 5.75 Å². The molecule has 0 saturated carbocycles. The summed E-state index contributed by atoms with van der Waals surface area (Å²) in [7, 11) is 1.70. The molecule has 3 aromatic rings. The average Bonchev–Trinajstić information content (AvgIpc) is 2.58. The van der Waals surface area contributed by atoms with Crippen molar-refractivity contribution in [1.82, 2.24) is 4.57 Å². The Kier molecular flexibility index (Phi) is 4.33. The van der Waals surface area contributed by atoms with E-state index in [2.05, 4.69) is 5.32 Å². The second-order valence-corrected chi connectivity index (χ2v) is 5.60. The van der Waals surface area contributed by atoms with E-state index in [1.165, 1.54) is 4.57 Å². The van der Waals surface area contributed by atoms with Gasteiger partial charge in [-0.1, -0.05) is 24.3 Å². The highest BCUT2D eigenvalue weighted by atomic mass is 16.5. The van der Waals surface area contributed by atoms with E-state index in [1.54, 1.807) is 31.4 Å². The molecule has 0 spiro atoms. The van der Waals surface area contributed by atoms with Crippen LogP contribution in [0.4, 0.5) is 5.69 Å². The van der Waals surface area contributed by atoms with E-state index in [-0.39, 0.29) is 18.1 Å². The number of rotatable bonds is 4. The maximum absolute atomic E-state index is 12.1. The van der Waals surface area contributed by atoms with Gasteiger partial charge in [0.1, 0.15) is 5.75 Å². The Morgan fingerprint density at radius 2 is 1.88 bits per heavy atom. The minimum absolute atomic E-state index is 0.0951. The summed E-state index contributed by atoms with van der Waals surface area (Å²) in [5, 5.41) is 4.08. The third-order valence-corrected chi connectivity index (χ3v) is 3.86. The van der Waals surface area contributed by atoms with E-state index in [1.807, 2.05) is 37.3 Å². The van der Waals surface area contributed by atoms with Crippen molar-refractivity contribution in [3.8, 4) is 5.75 Å². The number of hydrogen-bond donors (Lipinski definition) is 1. The lowest BCUT2D eigenvalue weighted by Gasteiger charge is -2.11. The van der Waals surface area contributed by atoms with Crippen LogP contribution in [-0.4, -0.2) is 17.1 Å². The minimum atomic E-state index is -0.245. The Hall–Kier alpha value is -3.08. The number of anilines is 1. The number of aryl methyl sites for hydroxylation is 2. The first kappa shape index (κ1) is 15.8. The van der Waals surface area contributed by atoms with Crippen LogP contribution in [0.1, 0.15) is 5.56 Å². The molecular weight excluding hydrogens is 304 g/mol. The Morgan fingerprint density at radius 1 is 1.08 bits per heavy atom. The van der Waals surface area contributed by atoms with Gasteiger partial charge in [0.15, 0.2) is 6.61 Å². The molecule has 24 heavy (non-hydrogen) atoms. The largest absolute Gasteiger partial charge is 0.483 e. The quantitative estimate of drug-likeness (QED) is 0.803. The topological polar surface area (TPSA) is 60.3 Å². The van der Waals surface area contributed by atoms with Crippen LogP contribution in [0.25, 0.3) is 10.8 Å². The second kappa shape index (κ2) is 6.58. The van der Waals surface area contributed by atoms with Crippen molar-refractivity contribution in [2.45, 2.75) is 6.92 Å². The molecule has 0 fully saturated rings. The number of aromatic nitrogens is 1. The number of nitrogens with zero attached hydrogens (tertiary/aromatic N) is 1. The van der Waals surface area contributed by atoms with Gasteiger partial charge < -0.3 is 14.6 Å². The zero-order valence-corrected chi connectivity index (χ0v) is 13.6. The molecule has 0 unspecified atom stereocenters. The van der Waals surface area contributed by atoms with Crippen LogP contribution < -0.4 is 15.6 Å². The summed E-state index contributed by atoms with van der Waals surface area (Å²) >= 11 is 0. The number of nitrogens with one attached hydrogen (secondary N) is 1. The normalized spacial score (nSPS) is 10.6. The fraction of sp³-hybridized carbons (Fsp3) is 0.158. The van der Waals surface area contributed by atoms with Crippen LogP contribution in [0, 0.1) is 6.92 Å². The van der Waals surface area contributed by atoms with Gasteiger partial charge in [0.25, 0.3) is 11.5 Å². The van der Waals surface area contributed by atoms with E-state index in [4.69, 9.17) is 4.74 Å². The minimum Gasteiger partial charge on any atom is -0.483 e. The maximum atomic E-state index is 12.1. The standard InChI is InChI=1S/C19H18N2O3/c1-13-6-3-4-8-16(13)20-18(22)12-24-17-9-5-7-15-14(17)10-11-21(2)19(15)23/h3-11H,12H2,1-2H3,(H,20,22). The summed E-state index contributed by atoms with van der Waals surface area (Å²) < 4.78 is 7.14. The third kappa shape index (κ3) is 3.15. The van der Waals surface area contributed by atoms with Crippen LogP contribution in [0.2, 0.25) is 0 Å². The summed E-state index contributed by atoms with van der Waals surface area (Å²) in [6.45, 7) is 1.81. The average molecular weight is 322 g/mol. The molecule has 0 bridgehead atoms. The van der Waals surface area contributed by atoms with Gasteiger partial charge in [-0.3, -0.25) is 9.59 Å². The van der Waals surface area contributed by atoms with Gasteiger partial charge in [-0.2, -0.15) is 0 Å². The number of ether oxygens (including phenoxy) is 1. The van der Waals surface area contributed by atoms with Gasteiger partial charge in [0.05, 0.1) is 5.39 Å². The molecule has 5 heteroatoms. The van der Waals surface area contributed by atoms with Crippen LogP contribution in [-0.2, 0) is 11.8 Å². The molecule has 5 nitrogen and oxygen atoms in total. The summed E-state index contributed by atoms with van der Waals surface area (Å²) in [5.41, 5.74) is 1.65. The lowest BCUT2D eigenvalue weighted by atomic mass is 10.1. The Bertz CT molecular complexity index is 960. The molecule has 0 aliphatic heterocycles. The first-order valence-corrected chi connectivity index (χ1v) is 7.63. The third-order valence-electron chi connectivity index (χ3n) is 3.86. The number of amides is 1. The maximum Gasteiger partial charge on any atom is 0.262 e. The molecule has 2 aromatic carbocycles. The van der Waals surface area contributed by atoms with Crippen molar-refractivity contribution in [3.05, 3.63) is 70.6 Å². The number of carbonyl (C=O) groups is 1. The molecule has 122 valence electrons. The first-order chi connectivity index (χ1) is 11.6.